The normalized spacial score (nSPS) is 17.8. The third-order valence-electron chi connectivity index (χ3n) is 3.75. The molecule has 2 heterocycles. The van der Waals surface area contributed by atoms with E-state index in [9.17, 15) is 14.0 Å². The van der Waals surface area contributed by atoms with Crippen LogP contribution in [0.4, 0.5) is 4.39 Å². The summed E-state index contributed by atoms with van der Waals surface area (Å²) in [5.41, 5.74) is -0.335. The summed E-state index contributed by atoms with van der Waals surface area (Å²) in [4.78, 5) is 24.5. The van der Waals surface area contributed by atoms with E-state index in [2.05, 4.69) is 10.4 Å². The molecule has 0 radical (unpaired) electrons. The van der Waals surface area contributed by atoms with Crippen LogP contribution >= 0.6 is 0 Å². The monoisotopic (exact) mass is 305 g/mol. The van der Waals surface area contributed by atoms with Crippen molar-refractivity contribution in [2.24, 2.45) is 7.05 Å². The van der Waals surface area contributed by atoms with Crippen molar-refractivity contribution in [1.82, 2.24) is 15.1 Å². The lowest BCUT2D eigenvalue weighted by atomic mass is 10.2. The number of nitrogens with zero attached hydrogens (tertiary/aromatic N) is 2. The molecule has 3 rings (SSSR count). The maximum Gasteiger partial charge on any atom is 0.275 e. The van der Waals surface area contributed by atoms with Crippen molar-refractivity contribution in [2.75, 3.05) is 13.2 Å². The second-order valence-corrected chi connectivity index (χ2v) is 5.31. The Hall–Kier alpha value is -2.28. The van der Waals surface area contributed by atoms with Gasteiger partial charge in [0, 0.05) is 20.2 Å². The van der Waals surface area contributed by atoms with Gasteiger partial charge in [0.15, 0.2) is 5.69 Å². The Kier molecular flexibility index (Phi) is 3.89. The third-order valence-corrected chi connectivity index (χ3v) is 3.75. The van der Waals surface area contributed by atoms with E-state index in [1.54, 1.807) is 7.05 Å². The van der Waals surface area contributed by atoms with Gasteiger partial charge in [-0.1, -0.05) is 0 Å². The first-order chi connectivity index (χ1) is 10.6. The van der Waals surface area contributed by atoms with E-state index in [0.717, 1.165) is 18.9 Å². The number of aryl methyl sites for hydroxylation is 1. The highest BCUT2D eigenvalue weighted by Gasteiger charge is 2.20. The van der Waals surface area contributed by atoms with Crippen LogP contribution in [-0.4, -0.2) is 34.9 Å². The molecule has 1 fully saturated rings. The number of rotatable bonds is 3. The molecule has 1 atom stereocenters. The van der Waals surface area contributed by atoms with Gasteiger partial charge in [-0.05, 0) is 31.0 Å². The number of aromatic nitrogens is 2. The quantitative estimate of drug-likeness (QED) is 0.917. The minimum atomic E-state index is -0.572. The molecule has 1 saturated heterocycles. The smallest absolute Gasteiger partial charge is 0.275 e. The second kappa shape index (κ2) is 5.84. The number of hydrogen-bond acceptors (Lipinski definition) is 4. The Bertz CT molecular complexity index is 781. The Balaban J connectivity index is 1.91. The van der Waals surface area contributed by atoms with Crippen molar-refractivity contribution in [3.63, 3.8) is 0 Å². The van der Waals surface area contributed by atoms with Gasteiger partial charge in [-0.2, -0.15) is 5.10 Å². The summed E-state index contributed by atoms with van der Waals surface area (Å²) >= 11 is 0. The molecule has 1 unspecified atom stereocenters. The molecule has 7 heteroatoms. The molecule has 22 heavy (non-hydrogen) atoms. The van der Waals surface area contributed by atoms with Gasteiger partial charge in [0.25, 0.3) is 5.91 Å². The van der Waals surface area contributed by atoms with Crippen molar-refractivity contribution >= 4 is 16.8 Å². The lowest BCUT2D eigenvalue weighted by Gasteiger charge is -2.11. The first-order valence-corrected chi connectivity index (χ1v) is 7.12. The number of ether oxygens (including phenoxy) is 1. The molecule has 1 aromatic carbocycles. The summed E-state index contributed by atoms with van der Waals surface area (Å²) < 4.78 is 20.2. The van der Waals surface area contributed by atoms with E-state index in [0.29, 0.717) is 18.7 Å². The van der Waals surface area contributed by atoms with Crippen molar-refractivity contribution < 1.29 is 13.9 Å². The Labute approximate surface area is 125 Å². The van der Waals surface area contributed by atoms with Crippen molar-refractivity contribution in [2.45, 2.75) is 18.9 Å². The fourth-order valence-corrected chi connectivity index (χ4v) is 2.59. The maximum absolute atomic E-state index is 13.3. The molecule has 116 valence electrons. The zero-order valence-corrected chi connectivity index (χ0v) is 12.1. The van der Waals surface area contributed by atoms with E-state index in [4.69, 9.17) is 4.74 Å². The van der Waals surface area contributed by atoms with Gasteiger partial charge in [-0.15, -0.1) is 0 Å². The zero-order chi connectivity index (χ0) is 15.7. The predicted molar refractivity (Wildman–Crippen MR) is 78.2 cm³/mol. The number of benzene rings is 1. The van der Waals surface area contributed by atoms with Gasteiger partial charge >= 0.3 is 0 Å². The first-order valence-electron chi connectivity index (χ1n) is 7.12. The van der Waals surface area contributed by atoms with Crippen LogP contribution < -0.4 is 10.7 Å². The van der Waals surface area contributed by atoms with Gasteiger partial charge < -0.3 is 10.1 Å². The van der Waals surface area contributed by atoms with Crippen LogP contribution in [0.3, 0.4) is 0 Å². The second-order valence-electron chi connectivity index (χ2n) is 5.31. The minimum absolute atomic E-state index is 0.0225. The van der Waals surface area contributed by atoms with Crippen LogP contribution in [0, 0.1) is 5.82 Å². The van der Waals surface area contributed by atoms with E-state index in [1.165, 1.54) is 16.8 Å². The fraction of sp³-hybridized carbons (Fsp3) is 0.400. The van der Waals surface area contributed by atoms with Crippen molar-refractivity contribution in [3.8, 4) is 0 Å². The lowest BCUT2D eigenvalue weighted by molar-refractivity contribution is 0.0851. The SMILES string of the molecule is Cn1nc(C(=O)NCC2CCCO2)c(=O)c2cc(F)ccc21. The van der Waals surface area contributed by atoms with Gasteiger partial charge in [0.2, 0.25) is 5.43 Å². The molecule has 0 bridgehead atoms. The lowest BCUT2D eigenvalue weighted by Crippen LogP contribution is -2.36. The number of nitrogens with one attached hydrogen (secondary N) is 1. The summed E-state index contributed by atoms with van der Waals surface area (Å²) in [6.45, 7) is 1.03. The number of carbonyl (C=O) groups is 1. The largest absolute Gasteiger partial charge is 0.376 e. The van der Waals surface area contributed by atoms with Crippen LogP contribution in [0.15, 0.2) is 23.0 Å². The van der Waals surface area contributed by atoms with Gasteiger partial charge in [-0.3, -0.25) is 14.3 Å². The number of carbonyl (C=O) groups excluding carboxylic acids is 1. The van der Waals surface area contributed by atoms with E-state index < -0.39 is 17.2 Å². The van der Waals surface area contributed by atoms with E-state index in [1.807, 2.05) is 0 Å². The number of fused-ring (bicyclic) bond motifs is 1. The van der Waals surface area contributed by atoms with Crippen LogP contribution in [0.5, 0.6) is 0 Å². The Morgan fingerprint density at radius 1 is 1.55 bits per heavy atom. The molecule has 6 nitrogen and oxygen atoms in total. The number of halogens is 1. The highest BCUT2D eigenvalue weighted by atomic mass is 19.1. The van der Waals surface area contributed by atoms with Gasteiger partial charge in [0.05, 0.1) is 17.0 Å². The fourth-order valence-electron chi connectivity index (χ4n) is 2.59. The van der Waals surface area contributed by atoms with Gasteiger partial charge in [-0.25, -0.2) is 4.39 Å². The molecular weight excluding hydrogens is 289 g/mol. The highest BCUT2D eigenvalue weighted by molar-refractivity contribution is 5.95. The Morgan fingerprint density at radius 3 is 3.09 bits per heavy atom. The molecule has 1 N–H and O–H groups in total. The predicted octanol–water partition coefficient (Wildman–Crippen LogP) is 0.981. The molecular formula is C15H16FN3O3. The average molecular weight is 305 g/mol. The first kappa shape index (κ1) is 14.6. The molecule has 0 aliphatic carbocycles. The summed E-state index contributed by atoms with van der Waals surface area (Å²) in [6, 6.07) is 3.84. The average Bonchev–Trinajstić information content (AvgIpc) is 3.01. The van der Waals surface area contributed by atoms with Crippen LogP contribution in [0.2, 0.25) is 0 Å². The summed E-state index contributed by atoms with van der Waals surface area (Å²) in [5, 5.41) is 6.80. The summed E-state index contributed by atoms with van der Waals surface area (Å²) in [5.74, 6) is -1.09. The topological polar surface area (TPSA) is 73.2 Å². The molecule has 1 aromatic heterocycles. The third kappa shape index (κ3) is 2.71. The standard InChI is InChI=1S/C15H16FN3O3/c1-19-12-5-4-9(16)7-11(12)14(20)13(18-19)15(21)17-8-10-3-2-6-22-10/h4-5,7,10H,2-3,6,8H2,1H3,(H,17,21). The molecule has 1 aliphatic heterocycles. The van der Waals surface area contributed by atoms with E-state index in [-0.39, 0.29) is 17.2 Å². The Morgan fingerprint density at radius 2 is 2.36 bits per heavy atom. The molecule has 1 amide bonds. The van der Waals surface area contributed by atoms with Crippen LogP contribution in [-0.2, 0) is 11.8 Å². The summed E-state index contributed by atoms with van der Waals surface area (Å²) in [6.07, 6.45) is 1.83. The number of hydrogen-bond donors (Lipinski definition) is 1. The van der Waals surface area contributed by atoms with Gasteiger partial charge in [0.1, 0.15) is 5.82 Å². The maximum atomic E-state index is 13.3. The van der Waals surface area contributed by atoms with Crippen molar-refractivity contribution in [1.29, 1.82) is 0 Å². The zero-order valence-electron chi connectivity index (χ0n) is 12.1. The molecule has 0 saturated carbocycles. The molecule has 1 aliphatic rings. The molecule has 0 spiro atoms. The van der Waals surface area contributed by atoms with E-state index >= 15 is 0 Å². The highest BCUT2D eigenvalue weighted by Crippen LogP contribution is 2.12. The van der Waals surface area contributed by atoms with Crippen LogP contribution in [0.1, 0.15) is 23.3 Å². The minimum Gasteiger partial charge on any atom is -0.376 e. The number of amides is 1. The van der Waals surface area contributed by atoms with Crippen LogP contribution in [0.25, 0.3) is 10.9 Å². The molecule has 2 aromatic rings. The summed E-state index contributed by atoms with van der Waals surface area (Å²) in [7, 11) is 1.61. The van der Waals surface area contributed by atoms with Crippen molar-refractivity contribution in [3.05, 3.63) is 39.9 Å².